The standard InChI is InChI=1S/2C43H27N3.C37H23N3/c1-44-33-21-24-38-36-14-5-7-16-40(36)45(43(38)28-33)34-22-18-30(19-23-34)32-20-25-42-39(27-32)37-15-6-8-17-41(37)46(42)35-13-9-12-31(26-35)29-10-3-2-4-11-29;1-44-33-20-25-38-36-11-5-7-13-40(36)46(43(38)28-33)35-23-17-31(18-24-35)32-19-26-42-39(27-32)37-12-6-8-14-41(37)45(42)34-21-15-30(16-22-34)29-9-3-2-4-10-29;1-38-27-18-21-32-30-11-5-7-13-34(30)40(37(32)24-27)29-19-15-25(16-20-29)26-17-22-36-33(23-26)31-12-6-8-14-35(31)39(36)28-9-3-2-4-10-28/h2*2-28H;2-24H. The third kappa shape index (κ3) is 13.2. The Morgan fingerprint density at radius 3 is 0.629 bits per heavy atom. The van der Waals surface area contributed by atoms with Crippen molar-refractivity contribution in [3.8, 4) is 89.8 Å². The predicted octanol–water partition coefficient (Wildman–Crippen LogP) is 33.6. The van der Waals surface area contributed by atoms with Crippen molar-refractivity contribution >= 4 is 148 Å². The summed E-state index contributed by atoms with van der Waals surface area (Å²) >= 11 is 0. The minimum absolute atomic E-state index is 0.646. The van der Waals surface area contributed by atoms with Gasteiger partial charge in [0.05, 0.1) is 69.4 Å². The predicted molar refractivity (Wildman–Crippen MR) is 551 cm³/mol. The van der Waals surface area contributed by atoms with E-state index in [-0.39, 0.29) is 0 Å². The van der Waals surface area contributed by atoms with Crippen molar-refractivity contribution in [2.24, 2.45) is 0 Å². The Hall–Kier alpha value is -18.3. The summed E-state index contributed by atoms with van der Waals surface area (Å²) in [6, 6.07) is 165. The van der Waals surface area contributed by atoms with Crippen LogP contribution in [0.4, 0.5) is 17.1 Å². The number of para-hydroxylation sites is 7. The molecule has 614 valence electrons. The maximum atomic E-state index is 7.57. The zero-order chi connectivity index (χ0) is 87.9. The first-order valence-electron chi connectivity index (χ1n) is 44.3. The molecule has 0 fully saturated rings. The Morgan fingerprint density at radius 1 is 0.121 bits per heavy atom. The van der Waals surface area contributed by atoms with Gasteiger partial charge in [-0.2, -0.15) is 0 Å². The average Bonchev–Trinajstić information content (AvgIpc) is 1.62. The lowest BCUT2D eigenvalue weighted by atomic mass is 10.0. The lowest BCUT2D eigenvalue weighted by Crippen LogP contribution is -1.94. The van der Waals surface area contributed by atoms with Crippen LogP contribution in [0, 0.1) is 19.7 Å². The van der Waals surface area contributed by atoms with Crippen molar-refractivity contribution in [1.29, 1.82) is 0 Å². The molecular weight excluding hydrogens is 1600 g/mol. The van der Waals surface area contributed by atoms with Crippen molar-refractivity contribution in [2.45, 2.75) is 0 Å². The molecule has 0 radical (unpaired) electrons. The molecule has 0 atom stereocenters. The van der Waals surface area contributed by atoms with E-state index in [1.54, 1.807) is 0 Å². The molecule has 20 aromatic carbocycles. The van der Waals surface area contributed by atoms with Gasteiger partial charge in [-0.1, -0.05) is 303 Å². The molecule has 6 aromatic heterocycles. The van der Waals surface area contributed by atoms with E-state index in [2.05, 4.69) is 473 Å². The van der Waals surface area contributed by atoms with Gasteiger partial charge in [-0.15, -0.1) is 0 Å². The maximum Gasteiger partial charge on any atom is 0.189 e. The van der Waals surface area contributed by atoms with Gasteiger partial charge in [-0.25, -0.2) is 14.5 Å². The quantitative estimate of drug-likeness (QED) is 0.116. The number of hydrogen-bond acceptors (Lipinski definition) is 0. The molecule has 0 amide bonds. The maximum absolute atomic E-state index is 7.57. The summed E-state index contributed by atoms with van der Waals surface area (Å²) in [6.45, 7) is 22.7. The van der Waals surface area contributed by atoms with Crippen LogP contribution in [-0.4, -0.2) is 27.4 Å². The topological polar surface area (TPSA) is 42.7 Å². The molecule has 6 heterocycles. The molecule has 0 aliphatic carbocycles. The van der Waals surface area contributed by atoms with Crippen LogP contribution in [0.1, 0.15) is 0 Å². The van der Waals surface area contributed by atoms with E-state index >= 15 is 0 Å². The highest BCUT2D eigenvalue weighted by molar-refractivity contribution is 6.16. The first-order chi connectivity index (χ1) is 65.3. The van der Waals surface area contributed by atoms with Crippen molar-refractivity contribution in [2.75, 3.05) is 0 Å². The van der Waals surface area contributed by atoms with Crippen LogP contribution in [0.25, 0.3) is 235 Å². The van der Waals surface area contributed by atoms with Crippen LogP contribution < -0.4 is 0 Å². The Kier molecular flexibility index (Phi) is 18.9. The molecule has 9 heteroatoms. The van der Waals surface area contributed by atoms with Crippen LogP contribution in [0.3, 0.4) is 0 Å². The second-order valence-corrected chi connectivity index (χ2v) is 33.6. The molecule has 0 aliphatic rings. The van der Waals surface area contributed by atoms with E-state index in [1.165, 1.54) is 132 Å². The number of fused-ring (bicyclic) bond motifs is 18. The second-order valence-electron chi connectivity index (χ2n) is 33.6. The highest BCUT2D eigenvalue weighted by atomic mass is 15.0. The molecule has 132 heavy (non-hydrogen) atoms. The highest BCUT2D eigenvalue weighted by Gasteiger charge is 2.22. The van der Waals surface area contributed by atoms with E-state index in [0.717, 1.165) is 88.8 Å². The summed E-state index contributed by atoms with van der Waals surface area (Å²) in [5.74, 6) is 0. The summed E-state index contributed by atoms with van der Waals surface area (Å²) in [5.41, 5.74) is 34.3. The van der Waals surface area contributed by atoms with Gasteiger partial charge in [0.1, 0.15) is 0 Å². The summed E-state index contributed by atoms with van der Waals surface area (Å²) in [5, 5.41) is 14.5. The lowest BCUT2D eigenvalue weighted by molar-refractivity contribution is 1.18. The minimum atomic E-state index is 0.646. The lowest BCUT2D eigenvalue weighted by Gasteiger charge is -2.11. The molecule has 26 rings (SSSR count). The third-order valence-electron chi connectivity index (χ3n) is 26.2. The number of rotatable bonds is 11. The van der Waals surface area contributed by atoms with Crippen LogP contribution in [0.5, 0.6) is 0 Å². The summed E-state index contributed by atoms with van der Waals surface area (Å²) < 4.78 is 13.9. The fourth-order valence-electron chi connectivity index (χ4n) is 20.1. The summed E-state index contributed by atoms with van der Waals surface area (Å²) in [4.78, 5) is 11.1. The van der Waals surface area contributed by atoms with Gasteiger partial charge < -0.3 is 27.4 Å². The second kappa shape index (κ2) is 32.3. The first-order valence-corrected chi connectivity index (χ1v) is 44.3. The largest absolute Gasteiger partial charge is 0.311 e. The Balaban J connectivity index is 0.000000110. The zero-order valence-corrected chi connectivity index (χ0v) is 71.5. The van der Waals surface area contributed by atoms with Gasteiger partial charge in [0, 0.05) is 115 Å². The van der Waals surface area contributed by atoms with Crippen molar-refractivity contribution in [3.63, 3.8) is 0 Å². The SMILES string of the molecule is [C-]#[N+]c1ccc2c3ccccc3n(-c3ccc(-c4ccc5c(c4)c4ccccc4n5-c4ccc(-c5ccccc5)cc4)cc3)c2c1.[C-]#[N+]c1ccc2c3ccccc3n(-c3ccc(-c4ccc5c(c4)c4ccccc4n5-c4cccc(-c5ccccc5)c4)cc3)c2c1.[C-]#[N+]c1ccc2c3ccccc3n(-c3ccc(-c4ccc5c(c4)c4ccccc4n5-c4ccccc4)cc3)c2c1. The van der Waals surface area contributed by atoms with E-state index in [4.69, 9.17) is 19.7 Å². The molecule has 0 unspecified atom stereocenters. The van der Waals surface area contributed by atoms with E-state index in [0.29, 0.717) is 17.1 Å². The third-order valence-corrected chi connectivity index (χ3v) is 26.2. The Morgan fingerprint density at radius 2 is 0.318 bits per heavy atom. The van der Waals surface area contributed by atoms with Gasteiger partial charge in [0.2, 0.25) is 0 Å². The molecule has 9 nitrogen and oxygen atoms in total. The van der Waals surface area contributed by atoms with Gasteiger partial charge in [-0.05, 0) is 219 Å². The smallest absolute Gasteiger partial charge is 0.189 e. The fourth-order valence-corrected chi connectivity index (χ4v) is 20.1. The van der Waals surface area contributed by atoms with Crippen LogP contribution in [-0.2, 0) is 0 Å². The van der Waals surface area contributed by atoms with Crippen LogP contribution in [0.2, 0.25) is 0 Å². The van der Waals surface area contributed by atoms with Crippen LogP contribution >= 0.6 is 0 Å². The van der Waals surface area contributed by atoms with Gasteiger partial charge in [0.15, 0.2) is 17.1 Å². The fraction of sp³-hybridized carbons (Fsp3) is 0. The zero-order valence-electron chi connectivity index (χ0n) is 71.5. The average molecular weight is 1680 g/mol. The minimum Gasteiger partial charge on any atom is -0.311 e. The van der Waals surface area contributed by atoms with Crippen molar-refractivity contribution in [1.82, 2.24) is 27.4 Å². The van der Waals surface area contributed by atoms with Crippen LogP contribution in [0.15, 0.2) is 467 Å². The molecular formula is C123H77N9. The molecule has 0 bridgehead atoms. The van der Waals surface area contributed by atoms with Gasteiger partial charge in [-0.3, -0.25) is 0 Å². The Labute approximate surface area is 761 Å². The molecule has 26 aromatic rings. The number of benzene rings is 20. The molecule has 0 saturated heterocycles. The summed E-state index contributed by atoms with van der Waals surface area (Å²) in [6.07, 6.45) is 0. The van der Waals surface area contributed by atoms with E-state index < -0.39 is 0 Å². The number of nitrogens with zero attached hydrogens (tertiary/aromatic N) is 9. The first kappa shape index (κ1) is 77.3. The van der Waals surface area contributed by atoms with E-state index in [1.807, 2.05) is 36.4 Å². The highest BCUT2D eigenvalue weighted by Crippen LogP contribution is 2.44. The van der Waals surface area contributed by atoms with Gasteiger partial charge in [0.25, 0.3) is 0 Å². The number of aromatic nitrogens is 6. The normalized spacial score (nSPS) is 11.5. The molecule has 0 spiro atoms. The van der Waals surface area contributed by atoms with Crippen molar-refractivity contribution < 1.29 is 0 Å². The Bertz CT molecular complexity index is 9200. The monoisotopic (exact) mass is 1680 g/mol. The molecule has 0 saturated carbocycles. The summed E-state index contributed by atoms with van der Waals surface area (Å²) in [7, 11) is 0. The van der Waals surface area contributed by atoms with E-state index in [9.17, 15) is 0 Å². The van der Waals surface area contributed by atoms with Gasteiger partial charge >= 0.3 is 0 Å². The molecule has 0 N–H and O–H groups in total. The van der Waals surface area contributed by atoms with Crippen molar-refractivity contribution in [3.05, 3.63) is 501 Å². The number of hydrogen-bond donors (Lipinski definition) is 0. The molecule has 0 aliphatic heterocycles.